The van der Waals surface area contributed by atoms with Crippen LogP contribution in [0.3, 0.4) is 0 Å². The number of hydrogen-bond donors (Lipinski definition) is 1. The predicted molar refractivity (Wildman–Crippen MR) is 126 cm³/mol. The summed E-state index contributed by atoms with van der Waals surface area (Å²) in [5.74, 6) is -0.239. The van der Waals surface area contributed by atoms with E-state index in [0.717, 1.165) is 29.7 Å². The van der Waals surface area contributed by atoms with E-state index in [0.29, 0.717) is 18.8 Å². The normalized spacial score (nSPS) is 11.6. The zero-order chi connectivity index (χ0) is 22.8. The number of carbonyl (C=O) groups is 2. The Bertz CT molecular complexity index is 852. The fourth-order valence-corrected chi connectivity index (χ4v) is 3.76. The molecule has 0 fully saturated rings. The van der Waals surface area contributed by atoms with E-state index >= 15 is 0 Å². The van der Waals surface area contributed by atoms with Crippen LogP contribution >= 0.6 is 0 Å². The fourth-order valence-electron chi connectivity index (χ4n) is 3.76. The van der Waals surface area contributed by atoms with Crippen LogP contribution in [0, 0.1) is 0 Å². The Hall–Kier alpha value is -2.86. The van der Waals surface area contributed by atoms with Crippen molar-refractivity contribution in [1.29, 1.82) is 0 Å². The van der Waals surface area contributed by atoms with Gasteiger partial charge >= 0.3 is 0 Å². The lowest BCUT2D eigenvalue weighted by molar-refractivity contribution is -0.133. The lowest BCUT2D eigenvalue weighted by Crippen LogP contribution is -2.35. The molecule has 168 valence electrons. The highest BCUT2D eigenvalue weighted by Crippen LogP contribution is 2.28. The zero-order valence-corrected chi connectivity index (χ0v) is 19.4. The van der Waals surface area contributed by atoms with E-state index in [2.05, 4.69) is 19.2 Å². The molecule has 2 aromatic carbocycles. The quantitative estimate of drug-likeness (QED) is 0.584. The van der Waals surface area contributed by atoms with Crippen molar-refractivity contribution in [2.75, 3.05) is 44.6 Å². The second-order valence-corrected chi connectivity index (χ2v) is 7.85. The van der Waals surface area contributed by atoms with E-state index in [4.69, 9.17) is 4.74 Å². The molecule has 0 spiro atoms. The maximum absolute atomic E-state index is 13.5. The van der Waals surface area contributed by atoms with Gasteiger partial charge in [0, 0.05) is 45.7 Å². The molecule has 6 heteroatoms. The highest BCUT2D eigenvalue weighted by molar-refractivity contribution is 5.92. The topological polar surface area (TPSA) is 61.9 Å². The number of rotatable bonds is 11. The maximum Gasteiger partial charge on any atom is 0.250 e. The molecular weight excluding hydrogens is 390 g/mol. The van der Waals surface area contributed by atoms with Gasteiger partial charge in [-0.05, 0) is 42.2 Å². The first-order chi connectivity index (χ1) is 14.9. The van der Waals surface area contributed by atoms with Crippen molar-refractivity contribution in [2.45, 2.75) is 39.2 Å². The second-order valence-electron chi connectivity index (χ2n) is 7.85. The SMILES string of the molecule is CCCN(Cc1cc(NC(=O)COC)ccc1N(C)C)C(=O)[C@@H](CC)c1ccccc1. The minimum absolute atomic E-state index is 0.000463. The molecule has 0 unspecified atom stereocenters. The number of nitrogens with one attached hydrogen (secondary N) is 1. The molecule has 0 bridgehead atoms. The molecule has 2 amide bonds. The van der Waals surface area contributed by atoms with Gasteiger partial charge in [0.1, 0.15) is 6.61 Å². The lowest BCUT2D eigenvalue weighted by Gasteiger charge is -2.29. The first kappa shape index (κ1) is 24.4. The third-order valence-corrected chi connectivity index (χ3v) is 5.20. The Balaban J connectivity index is 2.33. The number of amides is 2. The summed E-state index contributed by atoms with van der Waals surface area (Å²) in [6, 6.07) is 15.8. The van der Waals surface area contributed by atoms with E-state index in [-0.39, 0.29) is 24.3 Å². The Morgan fingerprint density at radius 2 is 1.77 bits per heavy atom. The van der Waals surface area contributed by atoms with Gasteiger partial charge in [0.25, 0.3) is 0 Å². The molecule has 0 aliphatic rings. The van der Waals surface area contributed by atoms with E-state index in [1.165, 1.54) is 7.11 Å². The smallest absolute Gasteiger partial charge is 0.250 e. The molecule has 0 heterocycles. The molecular formula is C25H35N3O3. The summed E-state index contributed by atoms with van der Waals surface area (Å²) in [5.41, 5.74) is 3.75. The monoisotopic (exact) mass is 425 g/mol. The molecule has 0 aliphatic carbocycles. The van der Waals surface area contributed by atoms with Crippen LogP contribution in [0.4, 0.5) is 11.4 Å². The minimum atomic E-state index is -0.206. The lowest BCUT2D eigenvalue weighted by atomic mass is 9.94. The van der Waals surface area contributed by atoms with Crippen molar-refractivity contribution < 1.29 is 14.3 Å². The van der Waals surface area contributed by atoms with Gasteiger partial charge < -0.3 is 19.9 Å². The van der Waals surface area contributed by atoms with E-state index in [1.54, 1.807) is 0 Å². The van der Waals surface area contributed by atoms with Crippen LogP contribution in [0.15, 0.2) is 48.5 Å². The number of carbonyl (C=O) groups excluding carboxylic acids is 2. The molecule has 0 saturated heterocycles. The average Bonchev–Trinajstić information content (AvgIpc) is 2.74. The van der Waals surface area contributed by atoms with Crippen LogP contribution < -0.4 is 10.2 Å². The molecule has 0 aliphatic heterocycles. The summed E-state index contributed by atoms with van der Waals surface area (Å²) in [6.45, 7) is 5.29. The molecule has 1 N–H and O–H groups in total. The zero-order valence-electron chi connectivity index (χ0n) is 19.4. The highest BCUT2D eigenvalue weighted by Gasteiger charge is 2.25. The van der Waals surface area contributed by atoms with E-state index in [9.17, 15) is 9.59 Å². The largest absolute Gasteiger partial charge is 0.377 e. The predicted octanol–water partition coefficient (Wildman–Crippen LogP) is 4.27. The molecule has 2 rings (SSSR count). The minimum Gasteiger partial charge on any atom is -0.377 e. The molecule has 1 atom stereocenters. The van der Waals surface area contributed by atoms with Crippen molar-refractivity contribution in [3.8, 4) is 0 Å². The number of benzene rings is 2. The average molecular weight is 426 g/mol. The highest BCUT2D eigenvalue weighted by atomic mass is 16.5. The van der Waals surface area contributed by atoms with Crippen molar-refractivity contribution in [3.63, 3.8) is 0 Å². The van der Waals surface area contributed by atoms with Gasteiger partial charge in [0.05, 0.1) is 5.92 Å². The van der Waals surface area contributed by atoms with Crippen molar-refractivity contribution in [2.24, 2.45) is 0 Å². The van der Waals surface area contributed by atoms with Gasteiger partial charge in [-0.25, -0.2) is 0 Å². The molecule has 2 aromatic rings. The number of methoxy groups -OCH3 is 1. The van der Waals surface area contributed by atoms with Crippen LogP contribution in [0.1, 0.15) is 43.7 Å². The third kappa shape index (κ3) is 6.82. The standard InChI is InChI=1S/C25H35N3O3/c1-6-15-28(25(30)22(7-2)19-11-9-8-10-12-19)17-20-16-21(26-24(29)18-31-5)13-14-23(20)27(3)4/h8-14,16,22H,6-7,15,17-18H2,1-5H3,(H,26,29)/t22-/m0/s1. The Labute approximate surface area is 186 Å². The molecule has 0 radical (unpaired) electrons. The summed E-state index contributed by atoms with van der Waals surface area (Å²) < 4.78 is 4.90. The molecule has 0 aromatic heterocycles. The number of ether oxygens (including phenoxy) is 1. The van der Waals surface area contributed by atoms with E-state index in [1.807, 2.05) is 72.4 Å². The summed E-state index contributed by atoms with van der Waals surface area (Å²) in [6.07, 6.45) is 1.62. The molecule has 6 nitrogen and oxygen atoms in total. The van der Waals surface area contributed by atoms with Gasteiger partial charge in [0.15, 0.2) is 0 Å². The summed E-state index contributed by atoms with van der Waals surface area (Å²) in [4.78, 5) is 29.4. The van der Waals surface area contributed by atoms with Crippen LogP contribution in [0.25, 0.3) is 0 Å². The van der Waals surface area contributed by atoms with Crippen LogP contribution in [0.5, 0.6) is 0 Å². The van der Waals surface area contributed by atoms with E-state index < -0.39 is 0 Å². The first-order valence-corrected chi connectivity index (χ1v) is 10.8. The van der Waals surface area contributed by atoms with Crippen molar-refractivity contribution >= 4 is 23.2 Å². The number of hydrogen-bond acceptors (Lipinski definition) is 4. The first-order valence-electron chi connectivity index (χ1n) is 10.8. The third-order valence-electron chi connectivity index (χ3n) is 5.20. The van der Waals surface area contributed by atoms with Gasteiger partial charge in [-0.3, -0.25) is 9.59 Å². The Morgan fingerprint density at radius 3 is 2.35 bits per heavy atom. The fraction of sp³-hybridized carbons (Fsp3) is 0.440. The molecule has 31 heavy (non-hydrogen) atoms. The van der Waals surface area contributed by atoms with Crippen molar-refractivity contribution in [1.82, 2.24) is 4.90 Å². The second kappa shape index (κ2) is 12.1. The van der Waals surface area contributed by atoms with Gasteiger partial charge in [-0.15, -0.1) is 0 Å². The van der Waals surface area contributed by atoms with Crippen LogP contribution in [-0.4, -0.2) is 51.1 Å². The number of nitrogens with zero attached hydrogens (tertiary/aromatic N) is 2. The van der Waals surface area contributed by atoms with Gasteiger partial charge in [0.2, 0.25) is 11.8 Å². The van der Waals surface area contributed by atoms with Crippen LogP contribution in [0.2, 0.25) is 0 Å². The number of anilines is 2. The maximum atomic E-state index is 13.5. The van der Waals surface area contributed by atoms with Gasteiger partial charge in [-0.1, -0.05) is 44.2 Å². The summed E-state index contributed by atoms with van der Waals surface area (Å²) in [7, 11) is 5.45. The van der Waals surface area contributed by atoms with Crippen LogP contribution in [-0.2, 0) is 20.9 Å². The summed E-state index contributed by atoms with van der Waals surface area (Å²) >= 11 is 0. The van der Waals surface area contributed by atoms with Gasteiger partial charge in [-0.2, -0.15) is 0 Å². The van der Waals surface area contributed by atoms with Crippen molar-refractivity contribution in [3.05, 3.63) is 59.7 Å². The summed E-state index contributed by atoms with van der Waals surface area (Å²) in [5, 5.41) is 2.86. The Kier molecular flexibility index (Phi) is 9.53. The molecule has 0 saturated carbocycles. The Morgan fingerprint density at radius 1 is 1.06 bits per heavy atom.